The number of amides is 1. The van der Waals surface area contributed by atoms with Gasteiger partial charge in [0.25, 0.3) is 5.91 Å². The van der Waals surface area contributed by atoms with Gasteiger partial charge in [0, 0.05) is 36.0 Å². The summed E-state index contributed by atoms with van der Waals surface area (Å²) >= 11 is 3.52. The van der Waals surface area contributed by atoms with Crippen molar-refractivity contribution < 1.29 is 24.1 Å². The Morgan fingerprint density at radius 1 is 1.05 bits per heavy atom. The van der Waals surface area contributed by atoms with Crippen molar-refractivity contribution in [1.29, 1.82) is 0 Å². The van der Waals surface area contributed by atoms with Crippen molar-refractivity contribution in [3.8, 4) is 11.5 Å². The van der Waals surface area contributed by atoms with E-state index >= 15 is 0 Å². The number of aliphatic imine (C=N–C) groups is 1. The molecule has 8 nitrogen and oxygen atoms in total. The number of methoxy groups -OCH3 is 1. The molecule has 5 rings (SSSR count). The average Bonchev–Trinajstić information content (AvgIpc) is 3.43. The van der Waals surface area contributed by atoms with Gasteiger partial charge in [-0.05, 0) is 78.4 Å². The van der Waals surface area contributed by atoms with Crippen LogP contribution >= 0.6 is 15.9 Å². The minimum Gasteiger partial charge on any atom is -0.497 e. The Morgan fingerprint density at radius 3 is 2.53 bits per heavy atom. The van der Waals surface area contributed by atoms with Crippen molar-refractivity contribution >= 4 is 27.7 Å². The Bertz CT molecular complexity index is 1380. The summed E-state index contributed by atoms with van der Waals surface area (Å²) in [5, 5.41) is 9.06. The Kier molecular flexibility index (Phi) is 10.7. The largest absolute Gasteiger partial charge is 0.497 e. The standard InChI is InChI=1S/C34H40BrN3O5/c1-41-30-10-5-9-27(21-30)31-34(22-24-11-15-28(35)16-12-24,33(40)38-36-23-25-7-3-2-4-8-25)37-32(43-31)26-13-17-29(18-14-26)42-20-6-19-39/h5,9-18,21,25,31,36,39H,2-4,6-8,19-20,22-23H2,1H3,(H,38,40)/t31-,34-/m0/s1. The molecule has 1 aliphatic carbocycles. The molecule has 3 N–H and O–H groups in total. The Balaban J connectivity index is 1.50. The molecule has 43 heavy (non-hydrogen) atoms. The van der Waals surface area contributed by atoms with Gasteiger partial charge in [0.1, 0.15) is 11.5 Å². The molecular weight excluding hydrogens is 610 g/mol. The Hall–Kier alpha value is -3.40. The normalized spacial score (nSPS) is 20.3. The van der Waals surface area contributed by atoms with Crippen LogP contribution in [0, 0.1) is 5.92 Å². The van der Waals surface area contributed by atoms with Crippen molar-refractivity contribution in [2.45, 2.75) is 56.6 Å². The molecule has 0 spiro atoms. The van der Waals surface area contributed by atoms with E-state index in [1.54, 1.807) is 7.11 Å². The van der Waals surface area contributed by atoms with Gasteiger partial charge >= 0.3 is 0 Å². The zero-order valence-electron chi connectivity index (χ0n) is 24.6. The smallest absolute Gasteiger partial charge is 0.266 e. The zero-order chi connectivity index (χ0) is 30.1. The fourth-order valence-electron chi connectivity index (χ4n) is 5.78. The monoisotopic (exact) mass is 649 g/mol. The molecule has 0 bridgehead atoms. The van der Waals surface area contributed by atoms with Crippen LogP contribution in [0.1, 0.15) is 61.3 Å². The number of hydrogen-bond donors (Lipinski definition) is 3. The number of carbonyl (C=O) groups is 1. The van der Waals surface area contributed by atoms with Gasteiger partial charge in [-0.3, -0.25) is 10.2 Å². The molecule has 3 aromatic rings. The van der Waals surface area contributed by atoms with Crippen molar-refractivity contribution in [2.75, 3.05) is 26.9 Å². The first kappa shape index (κ1) is 31.0. The topological polar surface area (TPSA) is 101 Å². The molecule has 0 radical (unpaired) electrons. The number of hydrazine groups is 1. The summed E-state index contributed by atoms with van der Waals surface area (Å²) in [6.45, 7) is 1.22. The second-order valence-corrected chi connectivity index (χ2v) is 12.1. The van der Waals surface area contributed by atoms with Crippen molar-refractivity contribution in [2.24, 2.45) is 10.9 Å². The second kappa shape index (κ2) is 14.9. The predicted molar refractivity (Wildman–Crippen MR) is 170 cm³/mol. The van der Waals surface area contributed by atoms with Crippen molar-refractivity contribution in [3.63, 3.8) is 0 Å². The quantitative estimate of drug-likeness (QED) is 0.157. The summed E-state index contributed by atoms with van der Waals surface area (Å²) in [6.07, 6.45) is 6.27. The van der Waals surface area contributed by atoms with E-state index in [0.717, 1.165) is 27.7 Å². The number of nitrogens with one attached hydrogen (secondary N) is 2. The van der Waals surface area contributed by atoms with E-state index in [-0.39, 0.29) is 12.5 Å². The highest BCUT2D eigenvalue weighted by Crippen LogP contribution is 2.43. The molecule has 1 saturated carbocycles. The van der Waals surface area contributed by atoms with Gasteiger partial charge in [-0.2, -0.15) is 0 Å². The molecule has 1 amide bonds. The van der Waals surface area contributed by atoms with Gasteiger partial charge in [0.2, 0.25) is 5.90 Å². The summed E-state index contributed by atoms with van der Waals surface area (Å²) < 4.78 is 18.8. The van der Waals surface area contributed by atoms with Crippen LogP contribution in [0.4, 0.5) is 0 Å². The SMILES string of the molecule is COc1cccc([C@@H]2OC(c3ccc(OCCCO)cc3)=N[C@]2(Cc2ccc(Br)cc2)C(=O)NNCC2CCCCC2)c1. The maximum atomic E-state index is 14.4. The van der Waals surface area contributed by atoms with Gasteiger partial charge in [-0.15, -0.1) is 0 Å². The van der Waals surface area contributed by atoms with Crippen LogP contribution in [0.25, 0.3) is 0 Å². The summed E-state index contributed by atoms with van der Waals surface area (Å²) in [6, 6.07) is 23.0. The minimum absolute atomic E-state index is 0.0758. The lowest BCUT2D eigenvalue weighted by Crippen LogP contribution is -2.54. The predicted octanol–water partition coefficient (Wildman–Crippen LogP) is 5.92. The highest BCUT2D eigenvalue weighted by Gasteiger charge is 2.53. The van der Waals surface area contributed by atoms with E-state index in [1.165, 1.54) is 32.1 Å². The van der Waals surface area contributed by atoms with E-state index in [9.17, 15) is 4.79 Å². The molecule has 228 valence electrons. The van der Waals surface area contributed by atoms with Gasteiger partial charge in [0.05, 0.1) is 13.7 Å². The van der Waals surface area contributed by atoms with Gasteiger partial charge in [-0.25, -0.2) is 10.4 Å². The first-order valence-corrected chi connectivity index (χ1v) is 15.8. The van der Waals surface area contributed by atoms with Crippen LogP contribution in [0.15, 0.2) is 82.3 Å². The lowest BCUT2D eigenvalue weighted by molar-refractivity contribution is -0.130. The number of nitrogens with zero attached hydrogens (tertiary/aromatic N) is 1. The highest BCUT2D eigenvalue weighted by molar-refractivity contribution is 9.10. The molecule has 0 saturated heterocycles. The maximum Gasteiger partial charge on any atom is 0.266 e. The maximum absolute atomic E-state index is 14.4. The molecule has 3 aromatic carbocycles. The zero-order valence-corrected chi connectivity index (χ0v) is 26.1. The lowest BCUT2D eigenvalue weighted by Gasteiger charge is -2.31. The molecule has 1 aliphatic heterocycles. The first-order valence-electron chi connectivity index (χ1n) is 15.0. The highest BCUT2D eigenvalue weighted by atomic mass is 79.9. The number of aliphatic hydroxyl groups excluding tert-OH is 1. The molecule has 2 atom stereocenters. The van der Waals surface area contributed by atoms with Gasteiger partial charge in [-0.1, -0.05) is 59.5 Å². The van der Waals surface area contributed by atoms with E-state index in [0.29, 0.717) is 42.8 Å². The van der Waals surface area contributed by atoms with E-state index in [4.69, 9.17) is 24.3 Å². The molecule has 0 aromatic heterocycles. The lowest BCUT2D eigenvalue weighted by atomic mass is 9.82. The first-order chi connectivity index (χ1) is 21.0. The molecule has 1 fully saturated rings. The summed E-state index contributed by atoms with van der Waals surface area (Å²) in [5.74, 6) is 2.04. The van der Waals surface area contributed by atoms with Crippen LogP contribution in [-0.4, -0.2) is 49.3 Å². The number of carbonyl (C=O) groups excluding carboxylic acids is 1. The third-order valence-electron chi connectivity index (χ3n) is 8.13. The number of rotatable bonds is 13. The Morgan fingerprint density at radius 2 is 1.81 bits per heavy atom. The molecular formula is C34H40BrN3O5. The molecule has 1 heterocycles. The van der Waals surface area contributed by atoms with Crippen molar-refractivity contribution in [1.82, 2.24) is 10.9 Å². The second-order valence-electron chi connectivity index (χ2n) is 11.2. The Labute approximate surface area is 262 Å². The van der Waals surface area contributed by atoms with E-state index in [1.807, 2.05) is 72.8 Å². The van der Waals surface area contributed by atoms with E-state index in [2.05, 4.69) is 26.8 Å². The van der Waals surface area contributed by atoms with Crippen LogP contribution < -0.4 is 20.3 Å². The summed E-state index contributed by atoms with van der Waals surface area (Å²) in [5.41, 5.74) is 7.46. The van der Waals surface area contributed by atoms with Crippen molar-refractivity contribution in [3.05, 3.63) is 94.0 Å². The third-order valence-corrected chi connectivity index (χ3v) is 8.66. The van der Waals surface area contributed by atoms with Crippen LogP contribution in [0.3, 0.4) is 0 Å². The minimum atomic E-state index is -1.30. The van der Waals surface area contributed by atoms with Crippen LogP contribution in [-0.2, 0) is 16.0 Å². The van der Waals surface area contributed by atoms with Crippen LogP contribution in [0.2, 0.25) is 0 Å². The summed E-state index contributed by atoms with van der Waals surface area (Å²) in [4.78, 5) is 19.5. The number of ether oxygens (including phenoxy) is 3. The number of hydrogen-bond acceptors (Lipinski definition) is 7. The number of aliphatic hydroxyl groups is 1. The molecule has 0 unspecified atom stereocenters. The summed E-state index contributed by atoms with van der Waals surface area (Å²) in [7, 11) is 1.62. The fourth-order valence-corrected chi connectivity index (χ4v) is 6.04. The van der Waals surface area contributed by atoms with Gasteiger partial charge in [0.15, 0.2) is 11.6 Å². The number of benzene rings is 3. The average molecular weight is 651 g/mol. The third kappa shape index (κ3) is 7.77. The molecule has 2 aliphatic rings. The fraction of sp³-hybridized carbons (Fsp3) is 0.412. The van der Waals surface area contributed by atoms with E-state index < -0.39 is 11.6 Å². The molecule has 9 heteroatoms. The van der Waals surface area contributed by atoms with Gasteiger partial charge < -0.3 is 19.3 Å². The van der Waals surface area contributed by atoms with Crippen LogP contribution in [0.5, 0.6) is 11.5 Å². The number of halogens is 1.